The second-order valence-electron chi connectivity index (χ2n) is 10.8. The molecule has 0 aromatic heterocycles. The number of non-ortho nitro benzene ring substituents is 1. The normalized spacial score (nSPS) is 22.9. The summed E-state index contributed by atoms with van der Waals surface area (Å²) in [7, 11) is 1.50. The van der Waals surface area contributed by atoms with E-state index < -0.39 is 40.0 Å². The third kappa shape index (κ3) is 3.74. The number of carbonyl (C=O) groups excluding carboxylic acids is 3. The highest BCUT2D eigenvalue weighted by Gasteiger charge is 2.70. The first-order chi connectivity index (χ1) is 20.9. The van der Waals surface area contributed by atoms with E-state index in [1.165, 1.54) is 31.4 Å². The van der Waals surface area contributed by atoms with Crippen molar-refractivity contribution >= 4 is 40.6 Å². The van der Waals surface area contributed by atoms with Crippen LogP contribution in [0.15, 0.2) is 103 Å². The Kier molecular flexibility index (Phi) is 5.98. The summed E-state index contributed by atoms with van der Waals surface area (Å²) in [5.41, 5.74) is 1.31. The fourth-order valence-corrected chi connectivity index (χ4v) is 7.02. The number of benzene rings is 4. The maximum Gasteiger partial charge on any atom is 0.270 e. The van der Waals surface area contributed by atoms with Crippen LogP contribution in [0.3, 0.4) is 0 Å². The van der Waals surface area contributed by atoms with Crippen LogP contribution in [0, 0.1) is 16.0 Å². The summed E-state index contributed by atoms with van der Waals surface area (Å²) < 4.78 is 5.39. The van der Waals surface area contributed by atoms with E-state index in [2.05, 4.69) is 5.32 Å². The Morgan fingerprint density at radius 2 is 1.63 bits per heavy atom. The van der Waals surface area contributed by atoms with Crippen molar-refractivity contribution in [2.24, 2.45) is 5.92 Å². The van der Waals surface area contributed by atoms with E-state index in [-0.39, 0.29) is 17.0 Å². The summed E-state index contributed by atoms with van der Waals surface area (Å²) in [4.78, 5) is 57.0. The zero-order valence-corrected chi connectivity index (χ0v) is 23.0. The number of hydrogen-bond acceptors (Lipinski definition) is 7. The summed E-state index contributed by atoms with van der Waals surface area (Å²) >= 11 is 0. The Labute approximate surface area is 246 Å². The zero-order valence-electron chi connectivity index (χ0n) is 23.0. The van der Waals surface area contributed by atoms with Crippen LogP contribution in [-0.2, 0) is 10.2 Å². The average Bonchev–Trinajstić information content (AvgIpc) is 3.52. The van der Waals surface area contributed by atoms with Gasteiger partial charge < -0.3 is 15.0 Å². The number of anilines is 2. The number of nitro groups is 1. The molecule has 0 bridgehead atoms. The van der Waals surface area contributed by atoms with Gasteiger partial charge in [-0.25, -0.2) is 0 Å². The van der Waals surface area contributed by atoms with E-state index in [0.717, 1.165) is 5.56 Å². The molecule has 1 amide bonds. The molecule has 4 aromatic carbocycles. The molecule has 0 radical (unpaired) electrons. The molecule has 43 heavy (non-hydrogen) atoms. The van der Waals surface area contributed by atoms with Crippen LogP contribution in [0.2, 0.25) is 0 Å². The molecule has 0 saturated carbocycles. The van der Waals surface area contributed by atoms with E-state index in [0.29, 0.717) is 28.3 Å². The van der Waals surface area contributed by atoms with Gasteiger partial charge in [-0.1, -0.05) is 72.8 Å². The second-order valence-corrected chi connectivity index (χ2v) is 10.8. The number of fused-ring (bicyclic) bond motifs is 6. The molecule has 1 N–H and O–H groups in total. The van der Waals surface area contributed by atoms with Crippen molar-refractivity contribution in [3.05, 3.63) is 136 Å². The standard InChI is InChI=1S/C34H25N3O6/c1-43-24-12-7-10-22(19-24)32(39)30-29(31(38)21-9-6-11-23(18-21)37(41)42)34(25-13-3-4-14-26(25)35-33(34)40)28-17-16-20-8-2-5-15-27(20)36(28)30/h2-19,28-30H,1H3,(H,35,40). The van der Waals surface area contributed by atoms with Crippen molar-refractivity contribution in [2.75, 3.05) is 17.3 Å². The Morgan fingerprint density at radius 1 is 0.907 bits per heavy atom. The molecular weight excluding hydrogens is 546 g/mol. The third-order valence-corrected chi connectivity index (χ3v) is 8.79. The van der Waals surface area contributed by atoms with Gasteiger partial charge >= 0.3 is 0 Å². The van der Waals surface area contributed by atoms with E-state index >= 15 is 0 Å². The van der Waals surface area contributed by atoms with Gasteiger partial charge in [-0.05, 0) is 35.4 Å². The molecule has 1 spiro atoms. The van der Waals surface area contributed by atoms with Crippen molar-refractivity contribution in [3.63, 3.8) is 0 Å². The Hall–Kier alpha value is -5.57. The van der Waals surface area contributed by atoms with E-state index in [4.69, 9.17) is 4.74 Å². The highest BCUT2D eigenvalue weighted by Crippen LogP contribution is 2.58. The Morgan fingerprint density at radius 3 is 2.42 bits per heavy atom. The van der Waals surface area contributed by atoms with Crippen molar-refractivity contribution in [2.45, 2.75) is 17.5 Å². The first kappa shape index (κ1) is 26.3. The SMILES string of the molecule is COc1cccc(C(=O)C2C(C(=O)c3cccc([N+](=O)[O-])c3)C3(C(=O)Nc4ccccc43)C3C=Cc4ccccc4N23)c1. The molecule has 1 saturated heterocycles. The highest BCUT2D eigenvalue weighted by atomic mass is 16.6. The number of ketones is 2. The third-order valence-electron chi connectivity index (χ3n) is 8.79. The molecule has 3 aliphatic heterocycles. The highest BCUT2D eigenvalue weighted by molar-refractivity contribution is 6.18. The molecule has 4 aromatic rings. The molecule has 4 unspecified atom stereocenters. The predicted molar refractivity (Wildman–Crippen MR) is 161 cm³/mol. The number of rotatable bonds is 6. The minimum Gasteiger partial charge on any atom is -0.497 e. The van der Waals surface area contributed by atoms with Crippen molar-refractivity contribution in [1.29, 1.82) is 0 Å². The molecule has 4 atom stereocenters. The maximum absolute atomic E-state index is 14.8. The lowest BCUT2D eigenvalue weighted by molar-refractivity contribution is -0.384. The minimum absolute atomic E-state index is 0.0521. The molecule has 3 heterocycles. The first-order valence-electron chi connectivity index (χ1n) is 13.8. The van der Waals surface area contributed by atoms with Crippen LogP contribution in [0.4, 0.5) is 17.1 Å². The smallest absolute Gasteiger partial charge is 0.270 e. The van der Waals surface area contributed by atoms with Gasteiger partial charge in [-0.15, -0.1) is 0 Å². The fraction of sp³-hybridized carbons (Fsp3) is 0.147. The molecular formula is C34H25N3O6. The van der Waals surface area contributed by atoms with Crippen LogP contribution in [-0.4, -0.2) is 41.6 Å². The number of para-hydroxylation sites is 2. The predicted octanol–water partition coefficient (Wildman–Crippen LogP) is 5.46. The molecule has 9 heteroatoms. The van der Waals surface area contributed by atoms with Gasteiger partial charge in [0.2, 0.25) is 5.91 Å². The number of nitrogens with zero attached hydrogens (tertiary/aromatic N) is 2. The summed E-state index contributed by atoms with van der Waals surface area (Å²) in [5, 5.41) is 14.6. The second kappa shape index (κ2) is 9.77. The topological polar surface area (TPSA) is 119 Å². The number of carbonyl (C=O) groups is 3. The van der Waals surface area contributed by atoms with Gasteiger partial charge in [-0.2, -0.15) is 0 Å². The number of ether oxygens (including phenoxy) is 1. The fourth-order valence-electron chi connectivity index (χ4n) is 7.02. The molecule has 212 valence electrons. The summed E-state index contributed by atoms with van der Waals surface area (Å²) in [6.45, 7) is 0. The van der Waals surface area contributed by atoms with Gasteiger partial charge in [0, 0.05) is 34.6 Å². The van der Waals surface area contributed by atoms with Crippen LogP contribution in [0.25, 0.3) is 6.08 Å². The first-order valence-corrected chi connectivity index (χ1v) is 13.8. The van der Waals surface area contributed by atoms with Crippen LogP contribution in [0.5, 0.6) is 5.75 Å². The summed E-state index contributed by atoms with van der Waals surface area (Å²) in [6, 6.07) is 25.0. The van der Waals surface area contributed by atoms with Crippen LogP contribution in [0.1, 0.15) is 31.8 Å². The Bertz CT molecular complexity index is 1880. The number of amides is 1. The van der Waals surface area contributed by atoms with Crippen molar-refractivity contribution < 1.29 is 24.0 Å². The monoisotopic (exact) mass is 571 g/mol. The maximum atomic E-state index is 14.8. The largest absolute Gasteiger partial charge is 0.497 e. The lowest BCUT2D eigenvalue weighted by atomic mass is 9.64. The van der Waals surface area contributed by atoms with E-state index in [9.17, 15) is 24.5 Å². The van der Waals surface area contributed by atoms with Gasteiger partial charge in [0.1, 0.15) is 17.2 Å². The number of nitrogens with one attached hydrogen (secondary N) is 1. The van der Waals surface area contributed by atoms with Crippen LogP contribution < -0.4 is 15.0 Å². The lowest BCUT2D eigenvalue weighted by Crippen LogP contribution is -2.51. The van der Waals surface area contributed by atoms with Gasteiger partial charge in [0.05, 0.1) is 24.0 Å². The summed E-state index contributed by atoms with van der Waals surface area (Å²) in [5.74, 6) is -2.07. The molecule has 1 fully saturated rings. The number of Topliss-reactive ketones (excluding diaryl/α,β-unsaturated/α-hetero) is 2. The average molecular weight is 572 g/mol. The minimum atomic E-state index is -1.51. The van der Waals surface area contributed by atoms with E-state index in [1.54, 1.807) is 42.5 Å². The van der Waals surface area contributed by atoms with Crippen LogP contribution >= 0.6 is 0 Å². The lowest BCUT2D eigenvalue weighted by Gasteiger charge is -2.37. The van der Waals surface area contributed by atoms with Crippen molar-refractivity contribution in [1.82, 2.24) is 0 Å². The zero-order chi connectivity index (χ0) is 29.9. The molecule has 0 aliphatic carbocycles. The molecule has 3 aliphatic rings. The van der Waals surface area contributed by atoms with Gasteiger partial charge in [0.25, 0.3) is 5.69 Å². The van der Waals surface area contributed by atoms with E-state index in [1.807, 2.05) is 47.4 Å². The number of methoxy groups -OCH3 is 1. The number of nitro benzene ring substituents is 1. The molecule has 9 nitrogen and oxygen atoms in total. The number of hydrogen-bond donors (Lipinski definition) is 1. The Balaban J connectivity index is 1.53. The van der Waals surface area contributed by atoms with Gasteiger partial charge in [0.15, 0.2) is 11.6 Å². The summed E-state index contributed by atoms with van der Waals surface area (Å²) in [6.07, 6.45) is 3.80. The molecule has 7 rings (SSSR count). The van der Waals surface area contributed by atoms with Crippen molar-refractivity contribution in [3.8, 4) is 5.75 Å². The van der Waals surface area contributed by atoms with Gasteiger partial charge in [-0.3, -0.25) is 24.5 Å². The quantitative estimate of drug-likeness (QED) is 0.185.